The summed E-state index contributed by atoms with van der Waals surface area (Å²) in [5.74, 6) is 0. The van der Waals surface area contributed by atoms with Crippen LogP contribution in [-0.4, -0.2) is 0 Å². The molecule has 1 nitrogen and oxygen atoms in total. The second-order valence-corrected chi connectivity index (χ2v) is 5.83. The Balaban J connectivity index is 0.00000182. The van der Waals surface area contributed by atoms with Gasteiger partial charge in [-0.1, -0.05) is 109 Å². The van der Waals surface area contributed by atoms with E-state index in [1.807, 2.05) is 0 Å². The first-order valence-corrected chi connectivity index (χ1v) is 8.23. The van der Waals surface area contributed by atoms with Crippen LogP contribution in [0.4, 0.5) is 0 Å². The van der Waals surface area contributed by atoms with Crippen LogP contribution in [0, 0.1) is 0 Å². The summed E-state index contributed by atoms with van der Waals surface area (Å²) in [7, 11) is 0. The van der Waals surface area contributed by atoms with Gasteiger partial charge in [-0.2, -0.15) is 0 Å². The molecule has 0 spiro atoms. The van der Waals surface area contributed by atoms with E-state index in [0.29, 0.717) is 0 Å². The van der Waals surface area contributed by atoms with Crippen molar-refractivity contribution in [2.75, 3.05) is 0 Å². The Morgan fingerprint density at radius 2 is 0.680 bits per heavy atom. The van der Waals surface area contributed by atoms with Crippen LogP contribution in [0.2, 0.25) is 0 Å². The molecule has 0 aromatic heterocycles. The maximum absolute atomic E-state index is 2.21. The minimum Gasteiger partial charge on any atom is -0.344 e. The zero-order chi connectivity index (χ0) is 16.2. The monoisotopic (exact) mass is 323 g/mol. The fourth-order valence-corrected chi connectivity index (χ4v) is 3.18. The van der Waals surface area contributed by atoms with Gasteiger partial charge in [-0.15, -0.1) is 0 Å². The first-order valence-electron chi connectivity index (χ1n) is 8.23. The van der Waals surface area contributed by atoms with Crippen LogP contribution in [0.25, 0.3) is 33.4 Å². The van der Waals surface area contributed by atoms with Crippen molar-refractivity contribution in [3.05, 3.63) is 109 Å². The maximum atomic E-state index is 2.21. The van der Waals surface area contributed by atoms with Crippen LogP contribution in [0.1, 0.15) is 0 Å². The molecule has 0 radical (unpaired) electrons. The van der Waals surface area contributed by atoms with E-state index < -0.39 is 0 Å². The topological polar surface area (TPSA) is 35.0 Å². The summed E-state index contributed by atoms with van der Waals surface area (Å²) >= 11 is 0. The van der Waals surface area contributed by atoms with Crippen LogP contribution < -0.4 is 6.15 Å². The quantitative estimate of drug-likeness (QED) is 0.439. The third kappa shape index (κ3) is 3.37. The van der Waals surface area contributed by atoms with E-state index in [1.165, 1.54) is 33.4 Å². The average Bonchev–Trinajstić information content (AvgIpc) is 2.69. The Bertz CT molecular complexity index is 872. The van der Waals surface area contributed by atoms with Gasteiger partial charge in [-0.05, 0) is 33.4 Å². The van der Waals surface area contributed by atoms with E-state index in [2.05, 4.69) is 109 Å². The van der Waals surface area contributed by atoms with Gasteiger partial charge in [0.25, 0.3) is 0 Å². The molecule has 25 heavy (non-hydrogen) atoms. The fourth-order valence-electron chi connectivity index (χ4n) is 3.18. The molecule has 0 aliphatic carbocycles. The molecule has 122 valence electrons. The van der Waals surface area contributed by atoms with Gasteiger partial charge < -0.3 is 6.15 Å². The molecule has 0 amide bonds. The summed E-state index contributed by atoms with van der Waals surface area (Å²) in [5, 5.41) is 0. The molecule has 0 aliphatic heterocycles. The van der Waals surface area contributed by atoms with Crippen LogP contribution in [0.3, 0.4) is 0 Å². The van der Waals surface area contributed by atoms with Gasteiger partial charge in [-0.25, -0.2) is 0 Å². The number of hydrogen-bond donors (Lipinski definition) is 1. The summed E-state index contributed by atoms with van der Waals surface area (Å²) < 4.78 is 0. The highest BCUT2D eigenvalue weighted by Gasteiger charge is 2.13. The summed E-state index contributed by atoms with van der Waals surface area (Å²) in [6.45, 7) is 0. The van der Waals surface area contributed by atoms with E-state index >= 15 is 0 Å². The molecule has 0 saturated carbocycles. The van der Waals surface area contributed by atoms with Crippen molar-refractivity contribution in [2.45, 2.75) is 0 Å². The maximum Gasteiger partial charge on any atom is -0.00268 e. The molecule has 0 fully saturated rings. The van der Waals surface area contributed by atoms with Crippen LogP contribution in [0.15, 0.2) is 109 Å². The molecule has 4 aromatic carbocycles. The molecule has 0 heterocycles. The van der Waals surface area contributed by atoms with Gasteiger partial charge in [0.1, 0.15) is 0 Å². The Kier molecular flexibility index (Phi) is 5.08. The lowest BCUT2D eigenvalue weighted by Crippen LogP contribution is -1.90. The SMILES string of the molecule is N.c1ccc(-c2cccc(-c3ccccc3)c2-c2ccccc2)cc1. The van der Waals surface area contributed by atoms with Gasteiger partial charge in [0.15, 0.2) is 0 Å². The van der Waals surface area contributed by atoms with Crippen molar-refractivity contribution in [2.24, 2.45) is 0 Å². The van der Waals surface area contributed by atoms with E-state index in [0.717, 1.165) is 0 Å². The van der Waals surface area contributed by atoms with Crippen LogP contribution in [0.5, 0.6) is 0 Å². The average molecular weight is 323 g/mol. The zero-order valence-electron chi connectivity index (χ0n) is 14.1. The molecule has 0 aliphatic rings. The highest BCUT2D eigenvalue weighted by atomic mass is 14.2. The van der Waals surface area contributed by atoms with Gasteiger partial charge in [0, 0.05) is 0 Å². The Morgan fingerprint density at radius 1 is 0.320 bits per heavy atom. The highest BCUT2D eigenvalue weighted by Crippen LogP contribution is 2.39. The first kappa shape index (κ1) is 16.7. The van der Waals surface area contributed by atoms with Crippen molar-refractivity contribution in [3.8, 4) is 33.4 Å². The minimum absolute atomic E-state index is 0. The predicted molar refractivity (Wildman–Crippen MR) is 108 cm³/mol. The van der Waals surface area contributed by atoms with Gasteiger partial charge in [0.05, 0.1) is 0 Å². The second kappa shape index (κ2) is 7.61. The largest absolute Gasteiger partial charge is 0.344 e. The molecule has 3 N–H and O–H groups in total. The predicted octanol–water partition coefficient (Wildman–Crippen LogP) is 6.85. The number of rotatable bonds is 3. The lowest BCUT2D eigenvalue weighted by Gasteiger charge is -2.16. The van der Waals surface area contributed by atoms with Crippen molar-refractivity contribution < 1.29 is 0 Å². The normalized spacial score (nSPS) is 10.1. The lowest BCUT2D eigenvalue weighted by atomic mass is 9.88. The summed E-state index contributed by atoms with van der Waals surface area (Å²) in [6.07, 6.45) is 0. The molecule has 0 unspecified atom stereocenters. The Hall–Kier alpha value is -3.16. The second-order valence-electron chi connectivity index (χ2n) is 5.83. The number of hydrogen-bond acceptors (Lipinski definition) is 1. The first-order chi connectivity index (χ1) is 11.9. The molecule has 0 bridgehead atoms. The van der Waals surface area contributed by atoms with E-state index in [-0.39, 0.29) is 6.15 Å². The third-order valence-corrected chi connectivity index (χ3v) is 4.30. The van der Waals surface area contributed by atoms with Gasteiger partial charge in [0.2, 0.25) is 0 Å². The third-order valence-electron chi connectivity index (χ3n) is 4.30. The highest BCUT2D eigenvalue weighted by molar-refractivity contribution is 5.94. The fraction of sp³-hybridized carbons (Fsp3) is 0. The molecule has 4 aromatic rings. The van der Waals surface area contributed by atoms with Crippen LogP contribution in [-0.2, 0) is 0 Å². The number of benzene rings is 4. The molecule has 1 heteroatoms. The molecular weight excluding hydrogens is 302 g/mol. The van der Waals surface area contributed by atoms with E-state index in [4.69, 9.17) is 0 Å². The minimum atomic E-state index is 0. The standard InChI is InChI=1S/C24H18.H3N/c1-4-11-19(12-5-1)22-17-10-18-23(20-13-6-2-7-14-20)24(22)21-15-8-3-9-16-21;/h1-18H;1H3. The van der Waals surface area contributed by atoms with Gasteiger partial charge in [-0.3, -0.25) is 0 Å². The van der Waals surface area contributed by atoms with E-state index in [1.54, 1.807) is 0 Å². The lowest BCUT2D eigenvalue weighted by molar-refractivity contribution is 1.56. The van der Waals surface area contributed by atoms with E-state index in [9.17, 15) is 0 Å². The summed E-state index contributed by atoms with van der Waals surface area (Å²) in [5.41, 5.74) is 7.56. The van der Waals surface area contributed by atoms with Crippen molar-refractivity contribution in [1.29, 1.82) is 0 Å². The van der Waals surface area contributed by atoms with Gasteiger partial charge >= 0.3 is 0 Å². The smallest absolute Gasteiger partial charge is 0.00268 e. The summed E-state index contributed by atoms with van der Waals surface area (Å²) in [6, 6.07) is 38.4. The van der Waals surface area contributed by atoms with Crippen molar-refractivity contribution in [1.82, 2.24) is 6.15 Å². The zero-order valence-corrected chi connectivity index (χ0v) is 14.1. The Morgan fingerprint density at radius 3 is 1.08 bits per heavy atom. The molecule has 4 rings (SSSR count). The molecule has 0 saturated heterocycles. The van der Waals surface area contributed by atoms with Crippen molar-refractivity contribution in [3.63, 3.8) is 0 Å². The van der Waals surface area contributed by atoms with Crippen LogP contribution >= 0.6 is 0 Å². The van der Waals surface area contributed by atoms with Crippen molar-refractivity contribution >= 4 is 0 Å². The molecular formula is C24H21N. The Labute approximate surface area is 149 Å². The molecule has 0 atom stereocenters. The summed E-state index contributed by atoms with van der Waals surface area (Å²) in [4.78, 5) is 0.